The molecule has 24 heavy (non-hydrogen) atoms. The van der Waals surface area contributed by atoms with Crippen LogP contribution in [0.25, 0.3) is 0 Å². The SMILES string of the molecule is CCc1ccc(C(=O)C(C)OC(=O)CNC(=O)c2ccco2)cc1. The van der Waals surface area contributed by atoms with Gasteiger partial charge in [0.05, 0.1) is 6.26 Å². The van der Waals surface area contributed by atoms with Crippen LogP contribution in [0.4, 0.5) is 0 Å². The number of hydrogen-bond donors (Lipinski definition) is 1. The van der Waals surface area contributed by atoms with Gasteiger partial charge in [0.1, 0.15) is 6.54 Å². The van der Waals surface area contributed by atoms with E-state index in [1.807, 2.05) is 19.1 Å². The number of Topliss-reactive ketones (excluding diaryl/α,β-unsaturated/α-hetero) is 1. The minimum atomic E-state index is -0.925. The van der Waals surface area contributed by atoms with Crippen LogP contribution in [0.5, 0.6) is 0 Å². The summed E-state index contributed by atoms with van der Waals surface area (Å²) in [5.74, 6) is -1.40. The third kappa shape index (κ3) is 4.55. The number of carbonyl (C=O) groups is 3. The lowest BCUT2D eigenvalue weighted by atomic mass is 10.0. The molecule has 0 fully saturated rings. The molecule has 1 aromatic heterocycles. The van der Waals surface area contributed by atoms with E-state index >= 15 is 0 Å². The second-order valence-electron chi connectivity index (χ2n) is 5.21. The van der Waals surface area contributed by atoms with E-state index in [9.17, 15) is 14.4 Å². The van der Waals surface area contributed by atoms with Gasteiger partial charge >= 0.3 is 5.97 Å². The van der Waals surface area contributed by atoms with Gasteiger partial charge in [0.2, 0.25) is 5.78 Å². The van der Waals surface area contributed by atoms with Crippen molar-refractivity contribution in [3.8, 4) is 0 Å². The quantitative estimate of drug-likeness (QED) is 0.623. The molecule has 0 spiro atoms. The average molecular weight is 329 g/mol. The lowest BCUT2D eigenvalue weighted by Gasteiger charge is -2.13. The lowest BCUT2D eigenvalue weighted by molar-refractivity contribution is -0.145. The van der Waals surface area contributed by atoms with Crippen molar-refractivity contribution < 1.29 is 23.5 Å². The minimum absolute atomic E-state index is 0.0999. The molecule has 1 N–H and O–H groups in total. The van der Waals surface area contributed by atoms with Gasteiger partial charge < -0.3 is 14.5 Å². The predicted molar refractivity (Wildman–Crippen MR) is 86.7 cm³/mol. The van der Waals surface area contributed by atoms with Crippen molar-refractivity contribution >= 4 is 17.7 Å². The average Bonchev–Trinajstić information content (AvgIpc) is 3.13. The first-order valence-corrected chi connectivity index (χ1v) is 7.65. The molecule has 0 aliphatic heterocycles. The molecular formula is C18H19NO5. The first kappa shape index (κ1) is 17.5. The fourth-order valence-electron chi connectivity index (χ4n) is 2.08. The normalized spacial score (nSPS) is 11.6. The molecule has 2 aromatic rings. The van der Waals surface area contributed by atoms with Gasteiger partial charge in [0.25, 0.3) is 5.91 Å². The van der Waals surface area contributed by atoms with Crippen molar-refractivity contribution in [1.82, 2.24) is 5.32 Å². The summed E-state index contributed by atoms with van der Waals surface area (Å²) in [4.78, 5) is 35.6. The van der Waals surface area contributed by atoms with Crippen LogP contribution >= 0.6 is 0 Å². The Labute approximate surface area is 139 Å². The molecular weight excluding hydrogens is 310 g/mol. The maximum atomic E-state index is 12.2. The molecule has 0 radical (unpaired) electrons. The van der Waals surface area contributed by atoms with Crippen molar-refractivity contribution in [2.75, 3.05) is 6.54 Å². The fourth-order valence-corrected chi connectivity index (χ4v) is 2.08. The van der Waals surface area contributed by atoms with Crippen LogP contribution in [0.3, 0.4) is 0 Å². The van der Waals surface area contributed by atoms with Crippen LogP contribution in [-0.2, 0) is 16.0 Å². The number of aryl methyl sites for hydroxylation is 1. The van der Waals surface area contributed by atoms with Crippen molar-refractivity contribution in [3.63, 3.8) is 0 Å². The number of furan rings is 1. The maximum absolute atomic E-state index is 12.2. The van der Waals surface area contributed by atoms with Gasteiger partial charge in [-0.25, -0.2) is 0 Å². The number of ketones is 1. The molecule has 6 nitrogen and oxygen atoms in total. The Balaban J connectivity index is 1.83. The van der Waals surface area contributed by atoms with E-state index in [1.165, 1.54) is 19.3 Å². The zero-order valence-corrected chi connectivity index (χ0v) is 13.6. The molecule has 0 bridgehead atoms. The van der Waals surface area contributed by atoms with Crippen LogP contribution in [0.2, 0.25) is 0 Å². The first-order valence-electron chi connectivity index (χ1n) is 7.65. The van der Waals surface area contributed by atoms with E-state index in [0.29, 0.717) is 5.56 Å². The summed E-state index contributed by atoms with van der Waals surface area (Å²) in [6.07, 6.45) is 1.32. The van der Waals surface area contributed by atoms with E-state index in [2.05, 4.69) is 5.32 Å². The third-order valence-electron chi connectivity index (χ3n) is 3.46. The Morgan fingerprint density at radius 2 is 1.88 bits per heavy atom. The van der Waals surface area contributed by atoms with Crippen LogP contribution in [0, 0.1) is 0 Å². The lowest BCUT2D eigenvalue weighted by Crippen LogP contribution is -2.33. The van der Waals surface area contributed by atoms with Gasteiger partial charge in [-0.3, -0.25) is 14.4 Å². The molecule has 1 heterocycles. The largest absolute Gasteiger partial charge is 0.459 e. The van der Waals surface area contributed by atoms with Crippen LogP contribution < -0.4 is 5.32 Å². The highest BCUT2D eigenvalue weighted by Crippen LogP contribution is 2.09. The number of ether oxygens (including phenoxy) is 1. The smallest absolute Gasteiger partial charge is 0.326 e. The number of hydrogen-bond acceptors (Lipinski definition) is 5. The highest BCUT2D eigenvalue weighted by Gasteiger charge is 2.20. The number of carbonyl (C=O) groups excluding carboxylic acids is 3. The summed E-state index contributed by atoms with van der Waals surface area (Å²) in [5.41, 5.74) is 1.60. The summed E-state index contributed by atoms with van der Waals surface area (Å²) in [7, 11) is 0. The van der Waals surface area contributed by atoms with Crippen molar-refractivity contribution in [2.24, 2.45) is 0 Å². The minimum Gasteiger partial charge on any atom is -0.459 e. The second kappa shape index (κ2) is 8.10. The zero-order chi connectivity index (χ0) is 17.5. The number of esters is 1. The van der Waals surface area contributed by atoms with Gasteiger partial charge in [-0.05, 0) is 31.0 Å². The Kier molecular flexibility index (Phi) is 5.89. The van der Waals surface area contributed by atoms with Crippen molar-refractivity contribution in [2.45, 2.75) is 26.4 Å². The highest BCUT2D eigenvalue weighted by atomic mass is 16.5. The molecule has 126 valence electrons. The Morgan fingerprint density at radius 1 is 1.17 bits per heavy atom. The zero-order valence-electron chi connectivity index (χ0n) is 13.6. The van der Waals surface area contributed by atoms with E-state index < -0.39 is 18.0 Å². The molecule has 1 unspecified atom stereocenters. The van der Waals surface area contributed by atoms with Gasteiger partial charge in [-0.1, -0.05) is 31.2 Å². The second-order valence-corrected chi connectivity index (χ2v) is 5.21. The third-order valence-corrected chi connectivity index (χ3v) is 3.46. The van der Waals surface area contributed by atoms with E-state index in [4.69, 9.17) is 9.15 Å². The van der Waals surface area contributed by atoms with Crippen molar-refractivity contribution in [1.29, 1.82) is 0 Å². The molecule has 1 atom stereocenters. The Bertz CT molecular complexity index is 704. The number of amides is 1. The first-order chi connectivity index (χ1) is 11.5. The Morgan fingerprint density at radius 3 is 2.46 bits per heavy atom. The predicted octanol–water partition coefficient (Wildman–Crippen LogP) is 2.39. The maximum Gasteiger partial charge on any atom is 0.326 e. The monoisotopic (exact) mass is 329 g/mol. The summed E-state index contributed by atoms with van der Waals surface area (Å²) in [6, 6.07) is 10.2. The molecule has 6 heteroatoms. The summed E-state index contributed by atoms with van der Waals surface area (Å²) in [5, 5.41) is 2.37. The van der Waals surface area contributed by atoms with Gasteiger partial charge in [-0.2, -0.15) is 0 Å². The molecule has 0 saturated carbocycles. The van der Waals surface area contributed by atoms with Gasteiger partial charge in [0, 0.05) is 5.56 Å². The number of nitrogens with one attached hydrogen (secondary N) is 1. The number of benzene rings is 1. The highest BCUT2D eigenvalue weighted by molar-refractivity contribution is 6.00. The van der Waals surface area contributed by atoms with E-state index in [1.54, 1.807) is 18.2 Å². The van der Waals surface area contributed by atoms with Gasteiger partial charge in [0.15, 0.2) is 11.9 Å². The molecule has 1 amide bonds. The Hall–Kier alpha value is -2.89. The summed E-state index contributed by atoms with van der Waals surface area (Å²) < 4.78 is 9.96. The molecule has 2 rings (SSSR count). The van der Waals surface area contributed by atoms with E-state index in [0.717, 1.165) is 12.0 Å². The summed E-state index contributed by atoms with van der Waals surface area (Å²) in [6.45, 7) is 3.19. The number of rotatable bonds is 7. The van der Waals surface area contributed by atoms with Crippen LogP contribution in [-0.4, -0.2) is 30.3 Å². The standard InChI is InChI=1S/C18H19NO5/c1-3-13-6-8-14(9-7-13)17(21)12(2)24-16(20)11-19-18(22)15-5-4-10-23-15/h4-10,12H,3,11H2,1-2H3,(H,19,22). The topological polar surface area (TPSA) is 85.6 Å². The van der Waals surface area contributed by atoms with Crippen LogP contribution in [0.15, 0.2) is 47.1 Å². The molecule has 1 aromatic carbocycles. The summed E-state index contributed by atoms with van der Waals surface area (Å²) >= 11 is 0. The van der Waals surface area contributed by atoms with E-state index in [-0.39, 0.29) is 18.1 Å². The molecule has 0 aliphatic rings. The molecule has 0 aliphatic carbocycles. The van der Waals surface area contributed by atoms with Crippen molar-refractivity contribution in [3.05, 3.63) is 59.5 Å². The molecule has 0 saturated heterocycles. The van der Waals surface area contributed by atoms with Crippen LogP contribution in [0.1, 0.15) is 40.3 Å². The van der Waals surface area contributed by atoms with Gasteiger partial charge in [-0.15, -0.1) is 0 Å². The fraction of sp³-hybridized carbons (Fsp3) is 0.278.